The van der Waals surface area contributed by atoms with Crippen LogP contribution in [-0.4, -0.2) is 55.7 Å². The first-order valence-electron chi connectivity index (χ1n) is 10.2. The molecule has 2 aromatic rings. The largest absolute Gasteiger partial charge is 0.506 e. The van der Waals surface area contributed by atoms with Crippen LogP contribution in [0.3, 0.4) is 0 Å². The molecular formula is C23H30N4O. The number of hydrogen-bond acceptors (Lipinski definition) is 3. The van der Waals surface area contributed by atoms with Crippen molar-refractivity contribution in [1.82, 2.24) is 10.2 Å². The lowest BCUT2D eigenvalue weighted by atomic mass is 9.96. The van der Waals surface area contributed by atoms with E-state index in [0.29, 0.717) is 11.2 Å². The molecule has 1 aliphatic carbocycles. The molecule has 0 unspecified atom stereocenters. The molecule has 1 aliphatic heterocycles. The molecule has 5 nitrogen and oxygen atoms in total. The summed E-state index contributed by atoms with van der Waals surface area (Å²) in [6.07, 6.45) is 3.71. The van der Waals surface area contributed by atoms with Crippen molar-refractivity contribution in [2.24, 2.45) is 10.4 Å². The zero-order chi connectivity index (χ0) is 19.4. The van der Waals surface area contributed by atoms with Crippen LogP contribution in [0.4, 0.5) is 5.69 Å². The van der Waals surface area contributed by atoms with E-state index in [1.807, 2.05) is 25.2 Å². The molecule has 28 heavy (non-hydrogen) atoms. The molecule has 0 amide bonds. The molecule has 0 atom stereocenters. The van der Waals surface area contributed by atoms with E-state index in [9.17, 15) is 5.11 Å². The molecule has 1 saturated carbocycles. The number of aromatic hydroxyl groups is 1. The molecule has 5 heteroatoms. The molecule has 0 spiro atoms. The van der Waals surface area contributed by atoms with E-state index in [1.165, 1.54) is 18.4 Å². The molecule has 0 aromatic heterocycles. The Balaban J connectivity index is 1.30. The van der Waals surface area contributed by atoms with Crippen LogP contribution in [0.25, 0.3) is 0 Å². The number of aliphatic imine (C=N–C) groups is 1. The van der Waals surface area contributed by atoms with Gasteiger partial charge < -0.3 is 20.2 Å². The van der Waals surface area contributed by atoms with Gasteiger partial charge in [-0.1, -0.05) is 42.5 Å². The number of piperazine rings is 1. The monoisotopic (exact) mass is 378 g/mol. The van der Waals surface area contributed by atoms with Crippen LogP contribution in [0.15, 0.2) is 59.6 Å². The first-order valence-corrected chi connectivity index (χ1v) is 10.2. The van der Waals surface area contributed by atoms with Crippen LogP contribution in [0.5, 0.6) is 5.75 Å². The Morgan fingerprint density at radius 1 is 1.00 bits per heavy atom. The van der Waals surface area contributed by atoms with Crippen LogP contribution in [0.1, 0.15) is 18.4 Å². The highest BCUT2D eigenvalue weighted by molar-refractivity contribution is 5.80. The molecule has 4 rings (SSSR count). The molecule has 148 valence electrons. The number of phenols is 1. The number of nitrogens with zero attached hydrogens (tertiary/aromatic N) is 3. The summed E-state index contributed by atoms with van der Waals surface area (Å²) in [5, 5.41) is 13.7. The van der Waals surface area contributed by atoms with Gasteiger partial charge in [0, 0.05) is 39.8 Å². The minimum Gasteiger partial charge on any atom is -0.506 e. The molecule has 0 bridgehead atoms. The first kappa shape index (κ1) is 18.7. The second-order valence-electron chi connectivity index (χ2n) is 8.03. The second-order valence-corrected chi connectivity index (χ2v) is 8.03. The summed E-state index contributed by atoms with van der Waals surface area (Å²) in [5.41, 5.74) is 2.73. The van der Waals surface area contributed by atoms with Crippen LogP contribution in [-0.2, 0) is 6.42 Å². The predicted octanol–water partition coefficient (Wildman–Crippen LogP) is 3.11. The average molecular weight is 379 g/mol. The van der Waals surface area contributed by atoms with Gasteiger partial charge >= 0.3 is 0 Å². The SMILES string of the molecule is CN=C(NCC1(Cc2ccccc2)CC1)N1CCN(c2ccccc2O)CC1. The highest BCUT2D eigenvalue weighted by Gasteiger charge is 2.42. The molecule has 1 heterocycles. The molecule has 2 aromatic carbocycles. The quantitative estimate of drug-likeness (QED) is 0.620. The Kier molecular flexibility index (Phi) is 5.42. The topological polar surface area (TPSA) is 51.1 Å². The van der Waals surface area contributed by atoms with Crippen molar-refractivity contribution >= 4 is 11.6 Å². The number of benzene rings is 2. The number of nitrogens with one attached hydrogen (secondary N) is 1. The molecule has 2 aliphatic rings. The zero-order valence-corrected chi connectivity index (χ0v) is 16.6. The van der Waals surface area contributed by atoms with E-state index in [-0.39, 0.29) is 0 Å². The summed E-state index contributed by atoms with van der Waals surface area (Å²) in [6, 6.07) is 18.4. The van der Waals surface area contributed by atoms with Crippen LogP contribution in [0.2, 0.25) is 0 Å². The fourth-order valence-electron chi connectivity index (χ4n) is 4.11. The summed E-state index contributed by atoms with van der Waals surface area (Å²) in [7, 11) is 1.87. The fourth-order valence-corrected chi connectivity index (χ4v) is 4.11. The van der Waals surface area contributed by atoms with E-state index >= 15 is 0 Å². The molecule has 1 saturated heterocycles. The van der Waals surface area contributed by atoms with E-state index in [4.69, 9.17) is 0 Å². The maximum Gasteiger partial charge on any atom is 0.193 e. The van der Waals surface area contributed by atoms with E-state index in [1.54, 1.807) is 6.07 Å². The predicted molar refractivity (Wildman–Crippen MR) is 115 cm³/mol. The Bertz CT molecular complexity index is 808. The lowest BCUT2D eigenvalue weighted by Crippen LogP contribution is -2.53. The molecule has 2 N–H and O–H groups in total. The lowest BCUT2D eigenvalue weighted by Gasteiger charge is -2.38. The van der Waals surface area contributed by atoms with Gasteiger partial charge in [-0.15, -0.1) is 0 Å². The van der Waals surface area contributed by atoms with Gasteiger partial charge in [-0.25, -0.2) is 0 Å². The number of rotatable bonds is 5. The number of hydrogen-bond donors (Lipinski definition) is 2. The Morgan fingerprint density at radius 2 is 1.68 bits per heavy atom. The van der Waals surface area contributed by atoms with E-state index in [2.05, 4.69) is 50.4 Å². The third kappa shape index (κ3) is 4.24. The smallest absolute Gasteiger partial charge is 0.193 e. The van der Waals surface area contributed by atoms with Crippen molar-refractivity contribution in [3.8, 4) is 5.75 Å². The van der Waals surface area contributed by atoms with E-state index in [0.717, 1.165) is 50.8 Å². The van der Waals surface area contributed by atoms with Gasteiger partial charge in [-0.3, -0.25) is 4.99 Å². The Hall–Kier alpha value is -2.69. The summed E-state index contributed by atoms with van der Waals surface area (Å²) < 4.78 is 0. The normalized spacial score (nSPS) is 18.8. The second kappa shape index (κ2) is 8.13. The minimum atomic E-state index is 0.357. The summed E-state index contributed by atoms with van der Waals surface area (Å²) in [5.74, 6) is 1.35. The summed E-state index contributed by atoms with van der Waals surface area (Å²) in [4.78, 5) is 9.10. The number of phenolic OH excluding ortho intramolecular Hbond substituents is 1. The third-order valence-corrected chi connectivity index (χ3v) is 6.01. The Labute approximate surface area is 167 Å². The van der Waals surface area contributed by atoms with Gasteiger partial charge in [0.15, 0.2) is 5.96 Å². The Morgan fingerprint density at radius 3 is 2.32 bits per heavy atom. The standard InChI is InChI=1S/C23H30N4O/c1-24-22(25-18-23(11-12-23)17-19-7-3-2-4-8-19)27-15-13-26(14-16-27)20-9-5-6-10-21(20)28/h2-10,28H,11-18H2,1H3,(H,24,25). The number of anilines is 1. The van der Waals surface area contributed by atoms with Crippen molar-refractivity contribution in [2.45, 2.75) is 19.3 Å². The van der Waals surface area contributed by atoms with Gasteiger partial charge in [0.05, 0.1) is 5.69 Å². The third-order valence-electron chi connectivity index (χ3n) is 6.01. The minimum absolute atomic E-state index is 0.357. The summed E-state index contributed by atoms with van der Waals surface area (Å²) >= 11 is 0. The van der Waals surface area contributed by atoms with Gasteiger partial charge in [0.2, 0.25) is 0 Å². The average Bonchev–Trinajstić information content (AvgIpc) is 3.49. The molecular weight excluding hydrogens is 348 g/mol. The van der Waals surface area contributed by atoms with Gasteiger partial charge in [0.25, 0.3) is 0 Å². The first-order chi connectivity index (χ1) is 13.7. The number of guanidine groups is 1. The van der Waals surface area contributed by atoms with Crippen LogP contribution in [0, 0.1) is 5.41 Å². The van der Waals surface area contributed by atoms with Crippen molar-refractivity contribution in [1.29, 1.82) is 0 Å². The maximum absolute atomic E-state index is 10.1. The van der Waals surface area contributed by atoms with Crippen molar-refractivity contribution in [3.63, 3.8) is 0 Å². The number of para-hydroxylation sites is 2. The van der Waals surface area contributed by atoms with Crippen molar-refractivity contribution in [2.75, 3.05) is 44.7 Å². The van der Waals surface area contributed by atoms with Gasteiger partial charge in [-0.2, -0.15) is 0 Å². The lowest BCUT2D eigenvalue weighted by molar-refractivity contribution is 0.363. The van der Waals surface area contributed by atoms with Crippen LogP contribution < -0.4 is 10.2 Å². The van der Waals surface area contributed by atoms with Crippen molar-refractivity contribution < 1.29 is 5.11 Å². The van der Waals surface area contributed by atoms with Crippen molar-refractivity contribution in [3.05, 3.63) is 60.2 Å². The van der Waals surface area contributed by atoms with Crippen LogP contribution >= 0.6 is 0 Å². The summed E-state index contributed by atoms with van der Waals surface area (Å²) in [6.45, 7) is 4.55. The van der Waals surface area contributed by atoms with E-state index < -0.39 is 0 Å². The maximum atomic E-state index is 10.1. The highest BCUT2D eigenvalue weighted by atomic mass is 16.3. The molecule has 2 fully saturated rings. The fraction of sp³-hybridized carbons (Fsp3) is 0.435. The zero-order valence-electron chi connectivity index (χ0n) is 16.6. The molecule has 0 radical (unpaired) electrons. The highest BCUT2D eigenvalue weighted by Crippen LogP contribution is 2.47. The van der Waals surface area contributed by atoms with Gasteiger partial charge in [-0.05, 0) is 42.4 Å². The van der Waals surface area contributed by atoms with Gasteiger partial charge in [0.1, 0.15) is 5.75 Å².